The molecule has 3 aromatic rings. The summed E-state index contributed by atoms with van der Waals surface area (Å²) in [7, 11) is 3.89. The number of benzene rings is 1. The Labute approximate surface area is 97.3 Å². The molecule has 2 heterocycles. The molecule has 0 aliphatic rings. The Balaban J connectivity index is 2.52. The summed E-state index contributed by atoms with van der Waals surface area (Å²) in [5.41, 5.74) is 3.48. The first kappa shape index (κ1) is 9.78. The summed E-state index contributed by atoms with van der Waals surface area (Å²) in [6.45, 7) is 4.15. The molecule has 0 radical (unpaired) electrons. The minimum Gasteiger partial charge on any atom is -0.378 e. The van der Waals surface area contributed by atoms with Gasteiger partial charge >= 0.3 is 0 Å². The van der Waals surface area contributed by atoms with Gasteiger partial charge in [-0.3, -0.25) is 0 Å². The lowest BCUT2D eigenvalue weighted by atomic mass is 10.1. The normalized spacial score (nSPS) is 11.8. The summed E-state index contributed by atoms with van der Waals surface area (Å²) >= 11 is 0. The van der Waals surface area contributed by atoms with Gasteiger partial charge in [0, 0.05) is 19.8 Å². The van der Waals surface area contributed by atoms with Gasteiger partial charge in [-0.25, -0.2) is 0 Å². The highest BCUT2D eigenvalue weighted by Crippen LogP contribution is 2.38. The average molecular weight is 232 g/mol. The molecule has 0 spiro atoms. The fourth-order valence-electron chi connectivity index (χ4n) is 2.08. The molecule has 3 nitrogen and oxygen atoms in total. The molecular weight excluding hydrogens is 218 g/mol. The lowest BCUT2D eigenvalue weighted by molar-refractivity contribution is 1.14. The molecule has 0 aliphatic heterocycles. The van der Waals surface area contributed by atoms with E-state index in [1.165, 1.54) is 21.2 Å². The van der Waals surface area contributed by atoms with Crippen LogP contribution in [0.25, 0.3) is 15.5 Å². The second-order valence-corrected chi connectivity index (χ2v) is 5.68. The predicted molar refractivity (Wildman–Crippen MR) is 70.0 cm³/mol. The van der Waals surface area contributed by atoms with Crippen LogP contribution in [0.5, 0.6) is 0 Å². The van der Waals surface area contributed by atoms with Crippen molar-refractivity contribution in [2.24, 2.45) is 0 Å². The van der Waals surface area contributed by atoms with Crippen molar-refractivity contribution in [1.29, 1.82) is 0 Å². The highest BCUT2D eigenvalue weighted by atomic mass is 32.2. The molecule has 0 atom stereocenters. The number of hydrogen-bond donors (Lipinski definition) is 0. The largest absolute Gasteiger partial charge is 0.378 e. The van der Waals surface area contributed by atoms with E-state index >= 15 is 0 Å². The smallest absolute Gasteiger partial charge is 0.248 e. The molecule has 0 saturated carbocycles. The first-order chi connectivity index (χ1) is 7.58. The van der Waals surface area contributed by atoms with Crippen molar-refractivity contribution in [3.63, 3.8) is 0 Å². The monoisotopic (exact) mass is 232 g/mol. The minimum absolute atomic E-state index is 0.241. The second-order valence-electron chi connectivity index (χ2n) is 4.38. The van der Waals surface area contributed by atoms with Crippen LogP contribution in [0.1, 0.15) is 11.4 Å². The Morgan fingerprint density at radius 2 is 1.50 bits per heavy atom. The maximum atomic E-state index is 4.62. The van der Waals surface area contributed by atoms with Gasteiger partial charge in [-0.05, 0) is 34.7 Å². The summed E-state index contributed by atoms with van der Waals surface area (Å²) in [4.78, 5) is 2.13. The van der Waals surface area contributed by atoms with Crippen molar-refractivity contribution < 1.29 is 0 Å². The van der Waals surface area contributed by atoms with E-state index in [1.807, 2.05) is 0 Å². The molecule has 2 aromatic heterocycles. The average Bonchev–Trinajstić information content (AvgIpc) is 2.70. The third kappa shape index (κ3) is 1.13. The van der Waals surface area contributed by atoms with E-state index in [0.29, 0.717) is 0 Å². The maximum Gasteiger partial charge on any atom is 0.248 e. The van der Waals surface area contributed by atoms with Gasteiger partial charge in [-0.15, -0.1) is 0 Å². The van der Waals surface area contributed by atoms with E-state index < -0.39 is 0 Å². The Morgan fingerprint density at radius 3 is 1.94 bits per heavy atom. The summed E-state index contributed by atoms with van der Waals surface area (Å²) in [6.07, 6.45) is 0. The zero-order valence-corrected chi connectivity index (χ0v) is 10.7. The molecule has 0 aliphatic carbocycles. The number of aromatic nitrogens is 2. The molecule has 0 fully saturated rings. The van der Waals surface area contributed by atoms with Crippen molar-refractivity contribution in [3.05, 3.63) is 23.5 Å². The number of rotatable bonds is 1. The molecule has 0 unspecified atom stereocenters. The van der Waals surface area contributed by atoms with Gasteiger partial charge < -0.3 is 4.90 Å². The highest BCUT2D eigenvalue weighted by Gasteiger charge is 2.25. The molecule has 0 bridgehead atoms. The lowest BCUT2D eigenvalue weighted by Gasteiger charge is -2.11. The first-order valence-electron chi connectivity index (χ1n) is 5.29. The summed E-state index contributed by atoms with van der Waals surface area (Å²) in [5, 5.41) is 2.57. The van der Waals surface area contributed by atoms with Crippen LogP contribution in [-0.2, 0) is 0 Å². The molecule has 1 aromatic carbocycles. The molecule has 0 saturated heterocycles. The van der Waals surface area contributed by atoms with E-state index in [1.54, 1.807) is 0 Å². The highest BCUT2D eigenvalue weighted by molar-refractivity contribution is 7.26. The second kappa shape index (κ2) is 3.04. The molecule has 82 valence electrons. The van der Waals surface area contributed by atoms with Crippen LogP contribution in [0.2, 0.25) is 0 Å². The van der Waals surface area contributed by atoms with Crippen molar-refractivity contribution in [1.82, 2.24) is 8.75 Å². The SMILES string of the molecule is Cc1n[s+]2nc(C)c3cc(N(C)C)cc1c32. The number of hydrogen-bond acceptors (Lipinski definition) is 3. The van der Waals surface area contributed by atoms with Crippen LogP contribution >= 0.6 is 10.6 Å². The van der Waals surface area contributed by atoms with E-state index in [9.17, 15) is 0 Å². The molecular formula is C12H14N3S+. The van der Waals surface area contributed by atoms with Gasteiger partial charge in [0.2, 0.25) is 15.3 Å². The maximum absolute atomic E-state index is 4.62. The fourth-order valence-corrected chi connectivity index (χ4v) is 3.82. The summed E-state index contributed by atoms with van der Waals surface area (Å²) < 4.78 is 10.6. The zero-order chi connectivity index (χ0) is 11.4. The Bertz CT molecular complexity index is 620. The standard InChI is InChI=1S/C12H14N3S/c1-7-10-5-9(15(3)4)6-11-8(2)14-16(13-7)12(10)11/h5-6H,1-4H3/q+1. The van der Waals surface area contributed by atoms with Crippen LogP contribution in [0.15, 0.2) is 12.1 Å². The number of anilines is 1. The van der Waals surface area contributed by atoms with Crippen LogP contribution in [-0.4, -0.2) is 22.8 Å². The zero-order valence-electron chi connectivity index (χ0n) is 9.90. The van der Waals surface area contributed by atoms with Gasteiger partial charge in [0.1, 0.15) is 11.4 Å². The quantitative estimate of drug-likeness (QED) is 0.604. The van der Waals surface area contributed by atoms with Crippen molar-refractivity contribution in [3.8, 4) is 0 Å². The van der Waals surface area contributed by atoms with Crippen molar-refractivity contribution >= 4 is 31.8 Å². The Hall–Kier alpha value is -1.42. The van der Waals surface area contributed by atoms with Gasteiger partial charge in [0.15, 0.2) is 0 Å². The Kier molecular flexibility index (Phi) is 1.86. The third-order valence-corrected chi connectivity index (χ3v) is 4.70. The van der Waals surface area contributed by atoms with Crippen LogP contribution in [0.4, 0.5) is 5.69 Å². The third-order valence-electron chi connectivity index (χ3n) is 3.00. The fraction of sp³-hybridized carbons (Fsp3) is 0.333. The predicted octanol–water partition coefficient (Wildman–Crippen LogP) is 2.95. The number of aryl methyl sites for hydroxylation is 2. The van der Waals surface area contributed by atoms with E-state index in [0.717, 1.165) is 11.4 Å². The number of nitrogens with zero attached hydrogens (tertiary/aromatic N) is 3. The summed E-state index contributed by atoms with van der Waals surface area (Å²) in [5.74, 6) is 0. The first-order valence-corrected chi connectivity index (χ1v) is 6.43. The van der Waals surface area contributed by atoms with Gasteiger partial charge in [0.25, 0.3) is 0 Å². The molecule has 0 N–H and O–H groups in total. The van der Waals surface area contributed by atoms with Crippen LogP contribution in [0.3, 0.4) is 0 Å². The van der Waals surface area contributed by atoms with E-state index in [-0.39, 0.29) is 10.6 Å². The molecule has 0 amide bonds. The van der Waals surface area contributed by atoms with Gasteiger partial charge in [0.05, 0.1) is 10.8 Å². The van der Waals surface area contributed by atoms with Crippen LogP contribution in [0, 0.1) is 13.8 Å². The van der Waals surface area contributed by atoms with Crippen molar-refractivity contribution in [2.45, 2.75) is 13.8 Å². The molecule has 3 rings (SSSR count). The van der Waals surface area contributed by atoms with E-state index in [4.69, 9.17) is 0 Å². The Morgan fingerprint density at radius 1 is 1.00 bits per heavy atom. The summed E-state index contributed by atoms with van der Waals surface area (Å²) in [6, 6.07) is 4.44. The lowest BCUT2D eigenvalue weighted by Crippen LogP contribution is -2.08. The van der Waals surface area contributed by atoms with E-state index in [2.05, 4.69) is 53.7 Å². The van der Waals surface area contributed by atoms with Crippen molar-refractivity contribution in [2.75, 3.05) is 19.0 Å². The minimum atomic E-state index is -0.241. The van der Waals surface area contributed by atoms with Crippen LogP contribution < -0.4 is 4.90 Å². The van der Waals surface area contributed by atoms with Gasteiger partial charge in [-0.1, -0.05) is 0 Å². The molecule has 4 heteroatoms. The topological polar surface area (TPSA) is 29.0 Å². The molecule has 16 heavy (non-hydrogen) atoms. The van der Waals surface area contributed by atoms with Gasteiger partial charge in [-0.2, -0.15) is 0 Å².